The predicted octanol–water partition coefficient (Wildman–Crippen LogP) is 2.30. The maximum absolute atomic E-state index is 5.20. The molecule has 0 fully saturated rings. The Morgan fingerprint density at radius 1 is 1.40 bits per heavy atom. The zero-order valence-corrected chi connectivity index (χ0v) is 12.0. The molecule has 0 aliphatic carbocycles. The van der Waals surface area contributed by atoms with Crippen molar-refractivity contribution in [3.05, 3.63) is 29.7 Å². The van der Waals surface area contributed by atoms with E-state index in [1.165, 1.54) is 16.5 Å². The van der Waals surface area contributed by atoms with E-state index >= 15 is 0 Å². The summed E-state index contributed by atoms with van der Waals surface area (Å²) < 4.78 is 5.20. The summed E-state index contributed by atoms with van der Waals surface area (Å²) in [6.07, 6.45) is 7.95. The van der Waals surface area contributed by atoms with Gasteiger partial charge >= 0.3 is 0 Å². The van der Waals surface area contributed by atoms with Gasteiger partial charge in [0.25, 0.3) is 0 Å². The van der Waals surface area contributed by atoms with E-state index in [2.05, 4.69) is 32.9 Å². The highest BCUT2D eigenvalue weighted by atomic mass is 16.5. The number of hydrogen-bond acceptors (Lipinski definition) is 4. The van der Waals surface area contributed by atoms with Gasteiger partial charge in [0, 0.05) is 26.4 Å². The van der Waals surface area contributed by atoms with Crippen LogP contribution in [0.3, 0.4) is 0 Å². The fraction of sp³-hybridized carbons (Fsp3) is 0.467. The lowest BCUT2D eigenvalue weighted by Crippen LogP contribution is -2.30. The molecular formula is C15H20N4O. The second-order valence-electron chi connectivity index (χ2n) is 5.08. The highest BCUT2D eigenvalue weighted by molar-refractivity contribution is 5.90. The summed E-state index contributed by atoms with van der Waals surface area (Å²) in [5.74, 6) is 1.04. The van der Waals surface area contributed by atoms with Gasteiger partial charge in [-0.1, -0.05) is 13.0 Å². The Balaban J connectivity index is 1.93. The molecule has 0 atom stereocenters. The first-order chi connectivity index (χ1) is 9.83. The average Bonchev–Trinajstić information content (AvgIpc) is 2.91. The van der Waals surface area contributed by atoms with Crippen molar-refractivity contribution in [3.63, 3.8) is 0 Å². The fourth-order valence-electron chi connectivity index (χ4n) is 2.75. The van der Waals surface area contributed by atoms with Crippen LogP contribution in [0.15, 0.2) is 24.2 Å². The van der Waals surface area contributed by atoms with Crippen molar-refractivity contribution < 1.29 is 4.74 Å². The van der Waals surface area contributed by atoms with Crippen molar-refractivity contribution in [2.24, 2.45) is 0 Å². The minimum atomic E-state index is 0.734. The lowest BCUT2D eigenvalue weighted by Gasteiger charge is -2.27. The maximum atomic E-state index is 5.20. The molecule has 2 aromatic rings. The SMILES string of the molecule is CCc1c[nH]c2ncnc(N3CC=C(COC)CC3)c12. The highest BCUT2D eigenvalue weighted by Crippen LogP contribution is 2.28. The van der Waals surface area contributed by atoms with Gasteiger partial charge in [-0.3, -0.25) is 0 Å². The molecule has 0 saturated carbocycles. The van der Waals surface area contributed by atoms with E-state index in [1.54, 1.807) is 13.4 Å². The number of anilines is 1. The molecule has 0 unspecified atom stereocenters. The number of H-pyrrole nitrogens is 1. The molecule has 5 heteroatoms. The Bertz CT molecular complexity index is 632. The van der Waals surface area contributed by atoms with Crippen LogP contribution >= 0.6 is 0 Å². The van der Waals surface area contributed by atoms with Crippen molar-refractivity contribution in [2.45, 2.75) is 19.8 Å². The van der Waals surface area contributed by atoms with Crippen LogP contribution in [0.1, 0.15) is 18.9 Å². The Morgan fingerprint density at radius 2 is 2.30 bits per heavy atom. The van der Waals surface area contributed by atoms with Crippen LogP contribution in [0.25, 0.3) is 11.0 Å². The summed E-state index contributed by atoms with van der Waals surface area (Å²) >= 11 is 0. The molecule has 20 heavy (non-hydrogen) atoms. The zero-order chi connectivity index (χ0) is 13.9. The van der Waals surface area contributed by atoms with Crippen molar-refractivity contribution in [1.82, 2.24) is 15.0 Å². The first-order valence-corrected chi connectivity index (χ1v) is 7.06. The fourth-order valence-corrected chi connectivity index (χ4v) is 2.75. The molecule has 0 bridgehead atoms. The van der Waals surface area contributed by atoms with Gasteiger partial charge in [-0.15, -0.1) is 0 Å². The van der Waals surface area contributed by atoms with Crippen molar-refractivity contribution in [2.75, 3.05) is 31.7 Å². The molecule has 1 aliphatic heterocycles. The van der Waals surface area contributed by atoms with E-state index in [4.69, 9.17) is 4.74 Å². The van der Waals surface area contributed by atoms with Crippen molar-refractivity contribution >= 4 is 16.9 Å². The standard InChI is InChI=1S/C15H20N4O/c1-3-12-8-16-14-13(12)15(18-10-17-14)19-6-4-11(5-7-19)9-20-2/h4,8,10H,3,5-7,9H2,1-2H3,(H,16,17,18). The summed E-state index contributed by atoms with van der Waals surface area (Å²) in [6, 6.07) is 0. The third-order valence-corrected chi connectivity index (χ3v) is 3.84. The van der Waals surface area contributed by atoms with E-state index in [-0.39, 0.29) is 0 Å². The number of methoxy groups -OCH3 is 1. The van der Waals surface area contributed by atoms with E-state index < -0.39 is 0 Å². The van der Waals surface area contributed by atoms with Gasteiger partial charge in [0.2, 0.25) is 0 Å². The Hall–Kier alpha value is -1.88. The van der Waals surface area contributed by atoms with E-state index in [9.17, 15) is 0 Å². The van der Waals surface area contributed by atoms with Crippen LogP contribution in [0.5, 0.6) is 0 Å². The summed E-state index contributed by atoms with van der Waals surface area (Å²) in [4.78, 5) is 14.4. The molecule has 0 spiro atoms. The normalized spacial score (nSPS) is 15.7. The van der Waals surface area contributed by atoms with Gasteiger partial charge in [0.15, 0.2) is 0 Å². The van der Waals surface area contributed by atoms with Crippen LogP contribution < -0.4 is 4.90 Å². The molecule has 1 N–H and O–H groups in total. The van der Waals surface area contributed by atoms with Crippen LogP contribution in [0.4, 0.5) is 5.82 Å². The smallest absolute Gasteiger partial charge is 0.143 e. The Labute approximate surface area is 118 Å². The van der Waals surface area contributed by atoms with Crippen LogP contribution in [-0.2, 0) is 11.2 Å². The van der Waals surface area contributed by atoms with Crippen molar-refractivity contribution in [3.8, 4) is 0 Å². The lowest BCUT2D eigenvalue weighted by atomic mass is 10.1. The quantitative estimate of drug-likeness (QED) is 0.868. The van der Waals surface area contributed by atoms with Crippen LogP contribution in [0, 0.1) is 0 Å². The van der Waals surface area contributed by atoms with E-state index in [0.717, 1.165) is 44.0 Å². The molecule has 0 radical (unpaired) electrons. The number of rotatable bonds is 4. The number of fused-ring (bicyclic) bond motifs is 1. The minimum Gasteiger partial charge on any atom is -0.380 e. The van der Waals surface area contributed by atoms with Gasteiger partial charge in [0.05, 0.1) is 12.0 Å². The second-order valence-corrected chi connectivity index (χ2v) is 5.08. The topological polar surface area (TPSA) is 54.0 Å². The molecule has 5 nitrogen and oxygen atoms in total. The van der Waals surface area contributed by atoms with Gasteiger partial charge in [-0.25, -0.2) is 9.97 Å². The number of nitrogens with one attached hydrogen (secondary N) is 1. The van der Waals surface area contributed by atoms with Gasteiger partial charge in [0.1, 0.15) is 17.8 Å². The molecule has 106 valence electrons. The molecule has 0 amide bonds. The first-order valence-electron chi connectivity index (χ1n) is 7.06. The number of aryl methyl sites for hydroxylation is 1. The molecular weight excluding hydrogens is 252 g/mol. The molecule has 3 rings (SSSR count). The monoisotopic (exact) mass is 272 g/mol. The van der Waals surface area contributed by atoms with Gasteiger partial charge < -0.3 is 14.6 Å². The van der Waals surface area contributed by atoms with Gasteiger partial charge in [-0.05, 0) is 24.0 Å². The largest absolute Gasteiger partial charge is 0.380 e. The summed E-state index contributed by atoms with van der Waals surface area (Å²) in [6.45, 7) is 4.76. The van der Waals surface area contributed by atoms with Crippen LogP contribution in [0.2, 0.25) is 0 Å². The van der Waals surface area contributed by atoms with E-state index in [0.29, 0.717) is 0 Å². The summed E-state index contributed by atoms with van der Waals surface area (Å²) in [7, 11) is 1.74. The minimum absolute atomic E-state index is 0.734. The van der Waals surface area contributed by atoms with Gasteiger partial charge in [-0.2, -0.15) is 0 Å². The van der Waals surface area contributed by atoms with E-state index in [1.807, 2.05) is 6.20 Å². The number of aromatic amines is 1. The predicted molar refractivity (Wildman–Crippen MR) is 80.1 cm³/mol. The molecule has 3 heterocycles. The average molecular weight is 272 g/mol. The third-order valence-electron chi connectivity index (χ3n) is 3.84. The Kier molecular flexibility index (Phi) is 3.69. The third kappa shape index (κ3) is 2.29. The lowest BCUT2D eigenvalue weighted by molar-refractivity contribution is 0.222. The number of ether oxygens (including phenoxy) is 1. The molecule has 1 aliphatic rings. The molecule has 2 aromatic heterocycles. The molecule has 0 saturated heterocycles. The zero-order valence-electron chi connectivity index (χ0n) is 12.0. The van der Waals surface area contributed by atoms with Crippen LogP contribution in [-0.4, -0.2) is 41.8 Å². The number of aromatic nitrogens is 3. The maximum Gasteiger partial charge on any atom is 0.143 e. The molecule has 0 aromatic carbocycles. The van der Waals surface area contributed by atoms with Crippen molar-refractivity contribution in [1.29, 1.82) is 0 Å². The summed E-state index contributed by atoms with van der Waals surface area (Å²) in [5.41, 5.74) is 3.58. The number of hydrogen-bond donors (Lipinski definition) is 1. The highest BCUT2D eigenvalue weighted by Gasteiger charge is 2.18. The second kappa shape index (κ2) is 5.63. The number of nitrogens with zero attached hydrogens (tertiary/aromatic N) is 3. The first kappa shape index (κ1) is 13.1. The Morgan fingerprint density at radius 3 is 3.00 bits per heavy atom. The summed E-state index contributed by atoms with van der Waals surface area (Å²) in [5, 5.41) is 1.17.